The molecule has 0 aliphatic carbocycles. The molecule has 0 fully saturated rings. The Morgan fingerprint density at radius 3 is 2.46 bits per heavy atom. The van der Waals surface area contributed by atoms with Crippen molar-refractivity contribution in [3.63, 3.8) is 0 Å². The van der Waals surface area contributed by atoms with E-state index >= 15 is 0 Å². The first-order valence-electron chi connectivity index (χ1n) is 7.94. The lowest BCUT2D eigenvalue weighted by atomic mass is 10.1. The monoisotopic (exact) mass is 368 g/mol. The van der Waals surface area contributed by atoms with Crippen LogP contribution in [-0.4, -0.2) is 28.6 Å². The molecule has 7 heteroatoms. The molecule has 0 bridgehead atoms. The summed E-state index contributed by atoms with van der Waals surface area (Å²) in [5.74, 6) is -0.746. The summed E-state index contributed by atoms with van der Waals surface area (Å²) in [6, 6.07) is 15.9. The van der Waals surface area contributed by atoms with Crippen LogP contribution in [0.15, 0.2) is 54.6 Å². The number of carbonyl (C=O) groups is 2. The fourth-order valence-electron chi connectivity index (χ4n) is 2.55. The average molecular weight is 369 g/mol. The zero-order valence-electron chi connectivity index (χ0n) is 14.3. The highest BCUT2D eigenvalue weighted by molar-refractivity contribution is 6.31. The number of hydrogen-bond acceptors (Lipinski definition) is 3. The lowest BCUT2D eigenvalue weighted by Crippen LogP contribution is -2.21. The van der Waals surface area contributed by atoms with Crippen molar-refractivity contribution >= 4 is 29.1 Å². The highest BCUT2D eigenvalue weighted by atomic mass is 35.5. The molecule has 0 unspecified atom stereocenters. The Labute approximate surface area is 155 Å². The molecule has 0 saturated heterocycles. The summed E-state index contributed by atoms with van der Waals surface area (Å²) in [6.07, 6.45) is 0. The normalized spacial score (nSPS) is 10.4. The number of hydrogen-bond donors (Lipinski definition) is 2. The van der Waals surface area contributed by atoms with Crippen LogP contribution in [0.1, 0.15) is 26.5 Å². The molecule has 0 atom stereocenters. The molecular formula is C19H17ClN4O2. The van der Waals surface area contributed by atoms with Crippen molar-refractivity contribution in [2.45, 2.75) is 6.92 Å². The minimum absolute atomic E-state index is 0.254. The Morgan fingerprint density at radius 1 is 1.04 bits per heavy atom. The van der Waals surface area contributed by atoms with E-state index in [9.17, 15) is 9.59 Å². The third kappa shape index (κ3) is 3.60. The third-order valence-electron chi connectivity index (χ3n) is 3.82. The number of aromatic nitrogens is 2. The lowest BCUT2D eigenvalue weighted by molar-refractivity contribution is 0.0964. The van der Waals surface area contributed by atoms with Crippen molar-refractivity contribution in [1.82, 2.24) is 15.1 Å². The molecule has 26 heavy (non-hydrogen) atoms. The van der Waals surface area contributed by atoms with Crippen LogP contribution in [0, 0.1) is 6.92 Å². The Kier molecular flexibility index (Phi) is 5.04. The van der Waals surface area contributed by atoms with Gasteiger partial charge in [0.2, 0.25) is 0 Å². The van der Waals surface area contributed by atoms with Gasteiger partial charge in [0.05, 0.1) is 16.9 Å². The molecular weight excluding hydrogens is 352 g/mol. The molecule has 0 spiro atoms. The second-order valence-corrected chi connectivity index (χ2v) is 6.08. The molecule has 0 aliphatic heterocycles. The van der Waals surface area contributed by atoms with Gasteiger partial charge in [-0.15, -0.1) is 0 Å². The summed E-state index contributed by atoms with van der Waals surface area (Å²) in [6.45, 7) is 1.87. The average Bonchev–Trinajstić information content (AvgIpc) is 3.05. The van der Waals surface area contributed by atoms with Crippen molar-refractivity contribution in [2.75, 3.05) is 12.4 Å². The number of rotatable bonds is 4. The van der Waals surface area contributed by atoms with Gasteiger partial charge in [-0.2, -0.15) is 5.10 Å². The van der Waals surface area contributed by atoms with Gasteiger partial charge in [-0.05, 0) is 43.3 Å². The molecule has 1 aromatic heterocycles. The zero-order chi connectivity index (χ0) is 18.7. The third-order valence-corrected chi connectivity index (χ3v) is 4.06. The Bertz CT molecular complexity index is 967. The molecule has 0 aliphatic rings. The molecule has 3 aromatic rings. The molecule has 6 nitrogen and oxygen atoms in total. The van der Waals surface area contributed by atoms with E-state index in [1.165, 1.54) is 13.1 Å². The second kappa shape index (κ2) is 7.41. The standard InChI is InChI=1S/C19H17ClN4O2/c1-12-10-17(23-24(12)14-6-4-3-5-7-14)19(26)22-16-9-8-13(20)11-15(16)18(25)21-2/h3-11H,1-2H3,(H,21,25)(H,22,26). The number of amides is 2. The Balaban J connectivity index is 1.89. The highest BCUT2D eigenvalue weighted by Crippen LogP contribution is 2.22. The predicted octanol–water partition coefficient (Wildman–Crippen LogP) is 3.45. The van der Waals surface area contributed by atoms with Gasteiger partial charge in [0, 0.05) is 17.8 Å². The van der Waals surface area contributed by atoms with Crippen molar-refractivity contribution in [2.24, 2.45) is 0 Å². The molecule has 3 rings (SSSR count). The van der Waals surface area contributed by atoms with Crippen molar-refractivity contribution in [1.29, 1.82) is 0 Å². The number of nitrogens with zero attached hydrogens (tertiary/aromatic N) is 2. The maximum Gasteiger partial charge on any atom is 0.276 e. The van der Waals surface area contributed by atoms with Crippen LogP contribution in [0.3, 0.4) is 0 Å². The van der Waals surface area contributed by atoms with E-state index < -0.39 is 5.91 Å². The maximum absolute atomic E-state index is 12.6. The summed E-state index contributed by atoms with van der Waals surface area (Å²) in [5.41, 5.74) is 2.59. The fraction of sp³-hybridized carbons (Fsp3) is 0.105. The topological polar surface area (TPSA) is 76.0 Å². The summed E-state index contributed by atoms with van der Waals surface area (Å²) in [7, 11) is 1.51. The number of halogens is 1. The number of para-hydroxylation sites is 1. The number of nitrogens with one attached hydrogen (secondary N) is 2. The number of anilines is 1. The molecule has 2 amide bonds. The van der Waals surface area contributed by atoms with Gasteiger partial charge < -0.3 is 10.6 Å². The van der Waals surface area contributed by atoms with Gasteiger partial charge in [-0.3, -0.25) is 9.59 Å². The summed E-state index contributed by atoms with van der Waals surface area (Å²) in [5, 5.41) is 10.0. The van der Waals surface area contributed by atoms with E-state index in [2.05, 4.69) is 15.7 Å². The molecule has 1 heterocycles. The summed E-state index contributed by atoms with van der Waals surface area (Å²) < 4.78 is 1.69. The molecule has 0 radical (unpaired) electrons. The maximum atomic E-state index is 12.6. The van der Waals surface area contributed by atoms with Crippen LogP contribution in [0.4, 0.5) is 5.69 Å². The van der Waals surface area contributed by atoms with Crippen molar-refractivity contribution < 1.29 is 9.59 Å². The molecule has 132 valence electrons. The van der Waals surface area contributed by atoms with Crippen molar-refractivity contribution in [3.8, 4) is 5.69 Å². The van der Waals surface area contributed by atoms with E-state index in [4.69, 9.17) is 11.6 Å². The van der Waals surface area contributed by atoms with Crippen LogP contribution in [-0.2, 0) is 0 Å². The largest absolute Gasteiger partial charge is 0.355 e. The van der Waals surface area contributed by atoms with Crippen LogP contribution >= 0.6 is 11.6 Å². The van der Waals surface area contributed by atoms with Crippen LogP contribution < -0.4 is 10.6 Å². The smallest absolute Gasteiger partial charge is 0.276 e. The number of carbonyl (C=O) groups excluding carboxylic acids is 2. The van der Waals surface area contributed by atoms with Crippen LogP contribution in [0.2, 0.25) is 5.02 Å². The Morgan fingerprint density at radius 2 is 1.77 bits per heavy atom. The first-order chi connectivity index (χ1) is 12.5. The van der Waals surface area contributed by atoms with E-state index in [-0.39, 0.29) is 17.2 Å². The van der Waals surface area contributed by atoms with Crippen molar-refractivity contribution in [3.05, 3.63) is 76.6 Å². The van der Waals surface area contributed by atoms with E-state index in [1.807, 2.05) is 37.3 Å². The van der Waals surface area contributed by atoms with E-state index in [1.54, 1.807) is 22.9 Å². The quantitative estimate of drug-likeness (QED) is 0.740. The number of aryl methyl sites for hydroxylation is 1. The lowest BCUT2D eigenvalue weighted by Gasteiger charge is -2.09. The minimum Gasteiger partial charge on any atom is -0.355 e. The van der Waals surface area contributed by atoms with Gasteiger partial charge in [0.1, 0.15) is 0 Å². The SMILES string of the molecule is CNC(=O)c1cc(Cl)ccc1NC(=O)c1cc(C)n(-c2ccccc2)n1. The first kappa shape index (κ1) is 17.7. The molecule has 0 saturated carbocycles. The van der Waals surface area contributed by atoms with Gasteiger partial charge >= 0.3 is 0 Å². The summed E-state index contributed by atoms with van der Waals surface area (Å²) in [4.78, 5) is 24.6. The van der Waals surface area contributed by atoms with Crippen LogP contribution in [0.5, 0.6) is 0 Å². The number of benzene rings is 2. The van der Waals surface area contributed by atoms with E-state index in [0.29, 0.717) is 10.7 Å². The second-order valence-electron chi connectivity index (χ2n) is 5.64. The summed E-state index contributed by atoms with van der Waals surface area (Å²) >= 11 is 5.95. The molecule has 2 aromatic carbocycles. The fourth-order valence-corrected chi connectivity index (χ4v) is 2.72. The minimum atomic E-state index is -0.407. The zero-order valence-corrected chi connectivity index (χ0v) is 15.0. The molecule has 2 N–H and O–H groups in total. The van der Waals surface area contributed by atoms with Gasteiger partial charge in [0.25, 0.3) is 11.8 Å². The van der Waals surface area contributed by atoms with Gasteiger partial charge in [-0.25, -0.2) is 4.68 Å². The van der Waals surface area contributed by atoms with E-state index in [0.717, 1.165) is 11.4 Å². The Hall–Kier alpha value is -3.12. The highest BCUT2D eigenvalue weighted by Gasteiger charge is 2.17. The van der Waals surface area contributed by atoms with Gasteiger partial charge in [0.15, 0.2) is 5.69 Å². The predicted molar refractivity (Wildman–Crippen MR) is 101 cm³/mol. The van der Waals surface area contributed by atoms with Gasteiger partial charge in [-0.1, -0.05) is 29.8 Å². The van der Waals surface area contributed by atoms with Crippen LogP contribution in [0.25, 0.3) is 5.69 Å². The first-order valence-corrected chi connectivity index (χ1v) is 8.32.